The number of carboxylic acids is 1. The van der Waals surface area contributed by atoms with Crippen LogP contribution in [0.4, 0.5) is 0 Å². The molecule has 0 aliphatic carbocycles. The summed E-state index contributed by atoms with van der Waals surface area (Å²) in [6.07, 6.45) is 1.60. The fourth-order valence-corrected chi connectivity index (χ4v) is 2.44. The molecule has 1 aromatic heterocycles. The molecule has 3 aromatic rings. The van der Waals surface area contributed by atoms with E-state index in [4.69, 9.17) is 4.42 Å². The van der Waals surface area contributed by atoms with E-state index in [1.807, 2.05) is 30.3 Å². The zero-order chi connectivity index (χ0) is 18.4. The maximum atomic E-state index is 11.8. The second-order valence-corrected chi connectivity index (χ2v) is 5.51. The van der Waals surface area contributed by atoms with Crippen LogP contribution in [0.25, 0.3) is 11.3 Å². The molecule has 3 rings (SSSR count). The summed E-state index contributed by atoms with van der Waals surface area (Å²) < 4.78 is 5.60. The lowest BCUT2D eigenvalue weighted by atomic mass is 10.1. The summed E-state index contributed by atoms with van der Waals surface area (Å²) in [5.74, 6) is -0.448. The van der Waals surface area contributed by atoms with E-state index in [9.17, 15) is 14.7 Å². The van der Waals surface area contributed by atoms with Crippen LogP contribution < -0.4 is 5.43 Å². The van der Waals surface area contributed by atoms with E-state index >= 15 is 0 Å². The number of carbonyl (C=O) groups excluding carboxylic acids is 1. The van der Waals surface area contributed by atoms with Crippen LogP contribution in [-0.4, -0.2) is 23.2 Å². The largest absolute Gasteiger partial charge is 0.478 e. The molecule has 0 aliphatic rings. The lowest BCUT2D eigenvalue weighted by Gasteiger charge is -2.02. The molecule has 0 saturated carbocycles. The lowest BCUT2D eigenvalue weighted by molar-refractivity contribution is -0.120. The number of hydrazone groups is 1. The van der Waals surface area contributed by atoms with Crippen molar-refractivity contribution in [3.63, 3.8) is 0 Å². The number of amides is 1. The first-order valence-electron chi connectivity index (χ1n) is 7.92. The van der Waals surface area contributed by atoms with Crippen molar-refractivity contribution in [3.05, 3.63) is 83.6 Å². The van der Waals surface area contributed by atoms with Crippen molar-refractivity contribution in [1.29, 1.82) is 0 Å². The summed E-state index contributed by atoms with van der Waals surface area (Å²) in [7, 11) is 0. The molecular formula is C20H16N2O4. The Morgan fingerprint density at radius 1 is 1.00 bits per heavy atom. The van der Waals surface area contributed by atoms with Crippen LogP contribution >= 0.6 is 0 Å². The number of hydrogen-bond donors (Lipinski definition) is 2. The van der Waals surface area contributed by atoms with Gasteiger partial charge >= 0.3 is 5.97 Å². The molecule has 2 N–H and O–H groups in total. The van der Waals surface area contributed by atoms with E-state index in [0.717, 1.165) is 5.56 Å². The van der Waals surface area contributed by atoms with Crippen molar-refractivity contribution in [2.24, 2.45) is 5.10 Å². The molecule has 26 heavy (non-hydrogen) atoms. The van der Waals surface area contributed by atoms with Crippen LogP contribution in [0.3, 0.4) is 0 Å². The topological polar surface area (TPSA) is 91.9 Å². The predicted octanol–water partition coefficient (Wildman–Crippen LogP) is 3.34. The maximum absolute atomic E-state index is 11.8. The van der Waals surface area contributed by atoms with Gasteiger partial charge in [-0.3, -0.25) is 4.79 Å². The van der Waals surface area contributed by atoms with Crippen LogP contribution in [-0.2, 0) is 11.2 Å². The molecule has 0 atom stereocenters. The van der Waals surface area contributed by atoms with Gasteiger partial charge in [0.25, 0.3) is 0 Å². The van der Waals surface area contributed by atoms with Gasteiger partial charge in [-0.1, -0.05) is 48.5 Å². The van der Waals surface area contributed by atoms with Crippen LogP contribution in [0.15, 0.2) is 76.2 Å². The molecule has 0 radical (unpaired) electrons. The first-order chi connectivity index (χ1) is 12.6. The number of carbonyl (C=O) groups is 2. The highest BCUT2D eigenvalue weighted by atomic mass is 16.4. The second kappa shape index (κ2) is 7.94. The van der Waals surface area contributed by atoms with Crippen molar-refractivity contribution in [1.82, 2.24) is 5.43 Å². The van der Waals surface area contributed by atoms with Gasteiger partial charge in [0.2, 0.25) is 5.91 Å². The van der Waals surface area contributed by atoms with Gasteiger partial charge in [0.05, 0.1) is 18.2 Å². The first-order valence-corrected chi connectivity index (χ1v) is 7.92. The maximum Gasteiger partial charge on any atom is 0.336 e. The van der Waals surface area contributed by atoms with Gasteiger partial charge in [-0.25, -0.2) is 10.2 Å². The summed E-state index contributed by atoms with van der Waals surface area (Å²) in [6, 6.07) is 19.2. The zero-order valence-electron chi connectivity index (χ0n) is 13.8. The normalized spacial score (nSPS) is 10.8. The molecule has 0 fully saturated rings. The Hall–Kier alpha value is -3.67. The Bertz CT molecular complexity index is 945. The number of furan rings is 1. The zero-order valence-corrected chi connectivity index (χ0v) is 13.8. The van der Waals surface area contributed by atoms with Gasteiger partial charge in [-0.05, 0) is 23.8 Å². The van der Waals surface area contributed by atoms with E-state index in [1.54, 1.807) is 30.3 Å². The molecule has 0 aliphatic heterocycles. The fourth-order valence-electron chi connectivity index (χ4n) is 2.44. The van der Waals surface area contributed by atoms with Crippen molar-refractivity contribution >= 4 is 18.1 Å². The highest BCUT2D eigenvalue weighted by Crippen LogP contribution is 2.25. The van der Waals surface area contributed by atoms with Crippen LogP contribution in [0.5, 0.6) is 0 Å². The van der Waals surface area contributed by atoms with Gasteiger partial charge in [0, 0.05) is 5.56 Å². The number of benzene rings is 2. The summed E-state index contributed by atoms with van der Waals surface area (Å²) in [6.45, 7) is 0. The van der Waals surface area contributed by atoms with Crippen molar-refractivity contribution in [2.45, 2.75) is 6.42 Å². The van der Waals surface area contributed by atoms with E-state index in [-0.39, 0.29) is 17.9 Å². The number of rotatable bonds is 6. The quantitative estimate of drug-likeness (QED) is 0.528. The number of aromatic carboxylic acids is 1. The minimum Gasteiger partial charge on any atom is -0.478 e. The van der Waals surface area contributed by atoms with Crippen molar-refractivity contribution < 1.29 is 19.1 Å². The average Bonchev–Trinajstić information content (AvgIpc) is 3.11. The van der Waals surface area contributed by atoms with E-state index in [1.165, 1.54) is 12.3 Å². The minimum absolute atomic E-state index is 0.154. The Kier molecular flexibility index (Phi) is 5.24. The molecule has 0 unspecified atom stereocenters. The van der Waals surface area contributed by atoms with Gasteiger partial charge in [0.1, 0.15) is 11.5 Å². The molecule has 6 heteroatoms. The molecule has 6 nitrogen and oxygen atoms in total. The Labute approximate surface area is 149 Å². The fraction of sp³-hybridized carbons (Fsp3) is 0.0500. The standard InChI is InChI=1S/C20H16N2O4/c23-19(12-14-6-2-1-3-7-14)22-21-13-15-10-11-18(26-15)16-8-4-5-9-17(16)20(24)25/h1-11,13H,12H2,(H,22,23)(H,24,25)/b21-13-. The summed E-state index contributed by atoms with van der Waals surface area (Å²) in [5, 5.41) is 13.1. The van der Waals surface area contributed by atoms with Crippen LogP contribution in [0.2, 0.25) is 0 Å². The first kappa shape index (κ1) is 17.2. The molecule has 0 bridgehead atoms. The third kappa shape index (κ3) is 4.24. The number of hydrogen-bond acceptors (Lipinski definition) is 4. The lowest BCUT2D eigenvalue weighted by Crippen LogP contribution is -2.19. The van der Waals surface area contributed by atoms with Gasteiger partial charge in [-0.2, -0.15) is 5.10 Å². The predicted molar refractivity (Wildman–Crippen MR) is 97.0 cm³/mol. The summed E-state index contributed by atoms with van der Waals surface area (Å²) >= 11 is 0. The van der Waals surface area contributed by atoms with Crippen molar-refractivity contribution in [3.8, 4) is 11.3 Å². The minimum atomic E-state index is -1.03. The summed E-state index contributed by atoms with van der Waals surface area (Å²) in [5.41, 5.74) is 3.96. The van der Waals surface area contributed by atoms with E-state index in [2.05, 4.69) is 10.5 Å². The molecule has 1 amide bonds. The Morgan fingerprint density at radius 2 is 1.73 bits per heavy atom. The average molecular weight is 348 g/mol. The number of carboxylic acid groups (broad SMARTS) is 1. The Balaban J connectivity index is 1.64. The molecule has 0 spiro atoms. The van der Waals surface area contributed by atoms with Crippen LogP contribution in [0, 0.1) is 0 Å². The van der Waals surface area contributed by atoms with Gasteiger partial charge in [-0.15, -0.1) is 0 Å². The highest BCUT2D eigenvalue weighted by molar-refractivity contribution is 5.95. The molecular weight excluding hydrogens is 332 g/mol. The van der Waals surface area contributed by atoms with E-state index in [0.29, 0.717) is 17.1 Å². The molecule has 2 aromatic carbocycles. The molecule has 130 valence electrons. The Morgan fingerprint density at radius 3 is 2.50 bits per heavy atom. The van der Waals surface area contributed by atoms with E-state index < -0.39 is 5.97 Å². The third-order valence-electron chi connectivity index (χ3n) is 3.64. The summed E-state index contributed by atoms with van der Waals surface area (Å²) in [4.78, 5) is 23.1. The smallest absolute Gasteiger partial charge is 0.336 e. The van der Waals surface area contributed by atoms with Crippen LogP contribution in [0.1, 0.15) is 21.7 Å². The highest BCUT2D eigenvalue weighted by Gasteiger charge is 2.13. The molecule has 0 saturated heterocycles. The molecule has 1 heterocycles. The number of nitrogens with one attached hydrogen (secondary N) is 1. The van der Waals surface area contributed by atoms with Crippen molar-refractivity contribution in [2.75, 3.05) is 0 Å². The third-order valence-corrected chi connectivity index (χ3v) is 3.64. The monoisotopic (exact) mass is 348 g/mol. The van der Waals surface area contributed by atoms with Gasteiger partial charge < -0.3 is 9.52 Å². The number of nitrogens with zero attached hydrogens (tertiary/aromatic N) is 1. The van der Waals surface area contributed by atoms with Gasteiger partial charge in [0.15, 0.2) is 0 Å². The second-order valence-electron chi connectivity index (χ2n) is 5.51. The SMILES string of the molecule is O=C(Cc1ccccc1)N/N=C\c1ccc(-c2ccccc2C(=O)O)o1.